The lowest BCUT2D eigenvalue weighted by Crippen LogP contribution is -2.34. The molecular formula is C27H26ClN3O6. The number of carbonyl (C=O) groups is 3. The third-order valence-corrected chi connectivity index (χ3v) is 5.22. The standard InChI is InChI=1S/C27H26ClN3O6/c1-3-14-36-20-11-9-19(10-12-20)26(33)29-17-25(32)31-30-16-18-8-13-23(24(15-18)35-2)37-27(34)21-6-4-5-7-22(21)28/h4-13,15-16H,3,14,17H2,1-2H3,(H,29,33)(H,31,32)/b30-16-. The van der Waals surface area contributed by atoms with E-state index in [1.807, 2.05) is 6.92 Å². The number of rotatable bonds is 11. The Morgan fingerprint density at radius 3 is 2.46 bits per heavy atom. The number of hydrogen-bond acceptors (Lipinski definition) is 7. The second-order valence-electron chi connectivity index (χ2n) is 7.63. The van der Waals surface area contributed by atoms with Crippen molar-refractivity contribution in [3.05, 3.63) is 88.4 Å². The lowest BCUT2D eigenvalue weighted by Gasteiger charge is -2.10. The van der Waals surface area contributed by atoms with Crippen molar-refractivity contribution < 1.29 is 28.6 Å². The van der Waals surface area contributed by atoms with Crippen molar-refractivity contribution in [3.63, 3.8) is 0 Å². The Morgan fingerprint density at radius 1 is 1.00 bits per heavy atom. The van der Waals surface area contributed by atoms with Gasteiger partial charge in [0, 0.05) is 5.56 Å². The summed E-state index contributed by atoms with van der Waals surface area (Å²) in [6.07, 6.45) is 2.27. The second kappa shape index (κ2) is 13.6. The Hall–Kier alpha value is -4.37. The van der Waals surface area contributed by atoms with E-state index in [0.29, 0.717) is 23.5 Å². The van der Waals surface area contributed by atoms with E-state index < -0.39 is 17.8 Å². The van der Waals surface area contributed by atoms with Crippen LogP contribution in [-0.4, -0.2) is 44.3 Å². The Labute approximate surface area is 219 Å². The Balaban J connectivity index is 1.50. The number of methoxy groups -OCH3 is 1. The molecule has 0 heterocycles. The minimum atomic E-state index is -0.625. The summed E-state index contributed by atoms with van der Waals surface area (Å²) in [4.78, 5) is 36.7. The molecule has 3 aromatic rings. The largest absolute Gasteiger partial charge is 0.494 e. The second-order valence-corrected chi connectivity index (χ2v) is 8.04. The molecule has 0 aliphatic heterocycles. The van der Waals surface area contributed by atoms with Gasteiger partial charge < -0.3 is 19.5 Å². The van der Waals surface area contributed by atoms with E-state index in [1.165, 1.54) is 19.4 Å². The van der Waals surface area contributed by atoms with Crippen LogP contribution in [0.15, 0.2) is 71.8 Å². The third kappa shape index (κ3) is 8.08. The van der Waals surface area contributed by atoms with Gasteiger partial charge in [0.1, 0.15) is 5.75 Å². The molecule has 2 amide bonds. The summed E-state index contributed by atoms with van der Waals surface area (Å²) >= 11 is 6.05. The average Bonchev–Trinajstić information content (AvgIpc) is 2.91. The number of carbonyl (C=O) groups excluding carboxylic acids is 3. The first kappa shape index (κ1) is 27.2. The van der Waals surface area contributed by atoms with Crippen molar-refractivity contribution >= 4 is 35.6 Å². The van der Waals surface area contributed by atoms with Crippen LogP contribution in [0.25, 0.3) is 0 Å². The molecule has 0 aliphatic carbocycles. The zero-order valence-electron chi connectivity index (χ0n) is 20.3. The number of nitrogens with zero attached hydrogens (tertiary/aromatic N) is 1. The molecule has 0 unspecified atom stereocenters. The summed E-state index contributed by atoms with van der Waals surface area (Å²) in [6, 6.07) is 17.9. The molecule has 0 saturated heterocycles. The number of nitrogens with one attached hydrogen (secondary N) is 2. The summed E-state index contributed by atoms with van der Waals surface area (Å²) < 4.78 is 16.2. The van der Waals surface area contributed by atoms with Gasteiger partial charge in [0.05, 0.1) is 37.1 Å². The third-order valence-electron chi connectivity index (χ3n) is 4.89. The number of halogens is 1. The monoisotopic (exact) mass is 523 g/mol. The van der Waals surface area contributed by atoms with E-state index in [4.69, 9.17) is 25.8 Å². The highest BCUT2D eigenvalue weighted by molar-refractivity contribution is 6.33. The van der Waals surface area contributed by atoms with Crippen molar-refractivity contribution in [2.45, 2.75) is 13.3 Å². The summed E-state index contributed by atoms with van der Waals surface area (Å²) in [6.45, 7) is 2.34. The van der Waals surface area contributed by atoms with Crippen LogP contribution in [0.1, 0.15) is 39.6 Å². The fraction of sp³-hybridized carbons (Fsp3) is 0.185. The normalized spacial score (nSPS) is 10.6. The molecule has 10 heteroatoms. The molecule has 0 radical (unpaired) electrons. The van der Waals surface area contributed by atoms with E-state index in [2.05, 4.69) is 15.8 Å². The number of esters is 1. The Morgan fingerprint density at radius 2 is 1.76 bits per heavy atom. The molecule has 2 N–H and O–H groups in total. The Kier molecular flexibility index (Phi) is 10.0. The molecule has 0 fully saturated rings. The lowest BCUT2D eigenvalue weighted by molar-refractivity contribution is -0.120. The molecule has 37 heavy (non-hydrogen) atoms. The first-order chi connectivity index (χ1) is 17.9. The van der Waals surface area contributed by atoms with E-state index in [0.717, 1.165) is 6.42 Å². The molecule has 3 rings (SSSR count). The average molecular weight is 524 g/mol. The molecule has 0 atom stereocenters. The van der Waals surface area contributed by atoms with Gasteiger partial charge in [-0.05, 0) is 66.6 Å². The first-order valence-corrected chi connectivity index (χ1v) is 11.8. The fourth-order valence-corrected chi connectivity index (χ4v) is 3.25. The summed E-state index contributed by atoms with van der Waals surface area (Å²) in [5, 5.41) is 6.69. The number of benzene rings is 3. The number of hydrazone groups is 1. The van der Waals surface area contributed by atoms with E-state index in [1.54, 1.807) is 60.7 Å². The maximum atomic E-state index is 12.4. The molecule has 0 aliphatic rings. The van der Waals surface area contributed by atoms with Crippen LogP contribution in [-0.2, 0) is 4.79 Å². The van der Waals surface area contributed by atoms with Gasteiger partial charge >= 0.3 is 5.97 Å². The van der Waals surface area contributed by atoms with Crippen LogP contribution in [0.3, 0.4) is 0 Å². The minimum absolute atomic E-state index is 0.196. The quantitative estimate of drug-likeness (QED) is 0.168. The highest BCUT2D eigenvalue weighted by Crippen LogP contribution is 2.29. The smallest absolute Gasteiger partial charge is 0.345 e. The molecule has 0 bridgehead atoms. The molecule has 3 aromatic carbocycles. The summed E-state index contributed by atoms with van der Waals surface area (Å²) in [5.74, 6) is -0.373. The van der Waals surface area contributed by atoms with Crippen molar-refractivity contribution in [1.82, 2.24) is 10.7 Å². The molecule has 0 spiro atoms. The van der Waals surface area contributed by atoms with Crippen LogP contribution >= 0.6 is 11.6 Å². The number of hydrogen-bond donors (Lipinski definition) is 2. The zero-order chi connectivity index (χ0) is 26.6. The zero-order valence-corrected chi connectivity index (χ0v) is 21.1. The van der Waals surface area contributed by atoms with Gasteiger partial charge in [-0.1, -0.05) is 30.7 Å². The van der Waals surface area contributed by atoms with Gasteiger partial charge in [0.25, 0.3) is 11.8 Å². The van der Waals surface area contributed by atoms with E-state index in [9.17, 15) is 14.4 Å². The van der Waals surface area contributed by atoms with Crippen molar-refractivity contribution in [2.75, 3.05) is 20.3 Å². The van der Waals surface area contributed by atoms with Gasteiger partial charge in [0.15, 0.2) is 11.5 Å². The molecule has 192 valence electrons. The molecule has 9 nitrogen and oxygen atoms in total. The van der Waals surface area contributed by atoms with Crippen molar-refractivity contribution in [1.29, 1.82) is 0 Å². The number of amides is 2. The summed E-state index contributed by atoms with van der Waals surface area (Å²) in [5.41, 5.74) is 3.54. The van der Waals surface area contributed by atoms with Crippen LogP contribution in [0.4, 0.5) is 0 Å². The Bertz CT molecular complexity index is 1280. The van der Waals surface area contributed by atoms with Crippen LogP contribution in [0.2, 0.25) is 5.02 Å². The van der Waals surface area contributed by atoms with Gasteiger partial charge in [-0.3, -0.25) is 9.59 Å². The van der Waals surface area contributed by atoms with Crippen LogP contribution < -0.4 is 25.0 Å². The van der Waals surface area contributed by atoms with Gasteiger partial charge in [-0.15, -0.1) is 0 Å². The maximum Gasteiger partial charge on any atom is 0.345 e. The van der Waals surface area contributed by atoms with Crippen LogP contribution in [0.5, 0.6) is 17.2 Å². The van der Waals surface area contributed by atoms with E-state index in [-0.39, 0.29) is 28.6 Å². The van der Waals surface area contributed by atoms with Crippen molar-refractivity contribution in [3.8, 4) is 17.2 Å². The maximum absolute atomic E-state index is 12.4. The van der Waals surface area contributed by atoms with Gasteiger partial charge in [0.2, 0.25) is 0 Å². The first-order valence-electron chi connectivity index (χ1n) is 11.4. The highest BCUT2D eigenvalue weighted by atomic mass is 35.5. The lowest BCUT2D eigenvalue weighted by atomic mass is 10.2. The predicted octanol–water partition coefficient (Wildman–Crippen LogP) is 4.24. The number of ether oxygens (including phenoxy) is 3. The SMILES string of the molecule is CCCOc1ccc(C(=O)NCC(=O)N/N=C\c2ccc(OC(=O)c3ccccc3Cl)c(OC)c2)cc1. The fourth-order valence-electron chi connectivity index (χ4n) is 3.03. The predicted molar refractivity (Wildman–Crippen MR) is 140 cm³/mol. The highest BCUT2D eigenvalue weighted by Gasteiger charge is 2.15. The van der Waals surface area contributed by atoms with Gasteiger partial charge in [-0.2, -0.15) is 5.10 Å². The topological polar surface area (TPSA) is 115 Å². The minimum Gasteiger partial charge on any atom is -0.494 e. The van der Waals surface area contributed by atoms with E-state index >= 15 is 0 Å². The molecular weight excluding hydrogens is 498 g/mol. The van der Waals surface area contributed by atoms with Crippen molar-refractivity contribution in [2.24, 2.45) is 5.10 Å². The van der Waals surface area contributed by atoms with Gasteiger partial charge in [-0.25, -0.2) is 10.2 Å². The molecule has 0 aromatic heterocycles. The summed E-state index contributed by atoms with van der Waals surface area (Å²) in [7, 11) is 1.43. The van der Waals surface area contributed by atoms with Crippen LogP contribution in [0, 0.1) is 0 Å². The molecule has 0 saturated carbocycles.